The third-order valence-corrected chi connectivity index (χ3v) is 2.11. The van der Waals surface area contributed by atoms with Crippen molar-refractivity contribution in [1.82, 2.24) is 5.32 Å². The van der Waals surface area contributed by atoms with Crippen LogP contribution >= 0.6 is 0 Å². The minimum absolute atomic E-state index is 0.597. The van der Waals surface area contributed by atoms with Crippen molar-refractivity contribution in [2.45, 2.75) is 45.6 Å². The summed E-state index contributed by atoms with van der Waals surface area (Å²) >= 11 is 0. The molecule has 64 valence electrons. The molecule has 0 aromatic carbocycles. The first-order valence-corrected chi connectivity index (χ1v) is 4.65. The van der Waals surface area contributed by atoms with Crippen molar-refractivity contribution in [3.63, 3.8) is 0 Å². The van der Waals surface area contributed by atoms with Crippen LogP contribution in [0.25, 0.3) is 0 Å². The summed E-state index contributed by atoms with van der Waals surface area (Å²) in [7, 11) is 0. The molecule has 0 amide bonds. The Morgan fingerprint density at radius 1 is 1.45 bits per heavy atom. The zero-order valence-electron chi connectivity index (χ0n) is 7.56. The van der Waals surface area contributed by atoms with Crippen molar-refractivity contribution in [2.24, 2.45) is 4.99 Å². The van der Waals surface area contributed by atoms with Crippen molar-refractivity contribution in [2.75, 3.05) is 6.67 Å². The van der Waals surface area contributed by atoms with Crippen LogP contribution in [0.1, 0.15) is 39.5 Å². The van der Waals surface area contributed by atoms with Crippen molar-refractivity contribution < 1.29 is 0 Å². The predicted molar refractivity (Wildman–Crippen MR) is 49.0 cm³/mol. The summed E-state index contributed by atoms with van der Waals surface area (Å²) in [6, 6.07) is 0.597. The van der Waals surface area contributed by atoms with Crippen LogP contribution in [0.2, 0.25) is 0 Å². The Morgan fingerprint density at radius 3 is 2.91 bits per heavy atom. The summed E-state index contributed by atoms with van der Waals surface area (Å²) in [6.45, 7) is 5.29. The van der Waals surface area contributed by atoms with E-state index in [1.807, 2.05) is 0 Å². The van der Waals surface area contributed by atoms with Crippen LogP contribution in [0.5, 0.6) is 0 Å². The second kappa shape index (κ2) is 4.50. The second-order valence-corrected chi connectivity index (χ2v) is 3.10. The molecule has 0 aliphatic carbocycles. The van der Waals surface area contributed by atoms with E-state index in [1.54, 1.807) is 0 Å². The molecule has 0 radical (unpaired) electrons. The third-order valence-electron chi connectivity index (χ3n) is 2.11. The van der Waals surface area contributed by atoms with E-state index < -0.39 is 0 Å². The molecule has 2 heteroatoms. The van der Waals surface area contributed by atoms with Gasteiger partial charge in [0.25, 0.3) is 0 Å². The minimum atomic E-state index is 0.597. The molecule has 1 heterocycles. The highest BCUT2D eigenvalue weighted by Gasteiger charge is 2.17. The summed E-state index contributed by atoms with van der Waals surface area (Å²) in [4.78, 5) is 4.43. The molecule has 0 aromatic heterocycles. The average molecular weight is 154 g/mol. The molecule has 1 aliphatic rings. The Kier molecular flexibility index (Phi) is 3.57. The fourth-order valence-electron chi connectivity index (χ4n) is 1.55. The molecule has 1 atom stereocenters. The van der Waals surface area contributed by atoms with Crippen LogP contribution in [-0.4, -0.2) is 18.4 Å². The first kappa shape index (κ1) is 8.72. The molecule has 0 saturated carbocycles. The van der Waals surface area contributed by atoms with Gasteiger partial charge in [0.15, 0.2) is 0 Å². The zero-order chi connectivity index (χ0) is 8.10. The van der Waals surface area contributed by atoms with Crippen molar-refractivity contribution >= 4 is 5.71 Å². The lowest BCUT2D eigenvalue weighted by Gasteiger charge is -2.10. The minimum Gasteiger partial charge on any atom is -0.290 e. The molecule has 1 unspecified atom stereocenters. The maximum Gasteiger partial charge on any atom is 0.0889 e. The highest BCUT2D eigenvalue weighted by atomic mass is 15.1. The van der Waals surface area contributed by atoms with E-state index in [0.29, 0.717) is 6.04 Å². The molecule has 2 nitrogen and oxygen atoms in total. The smallest absolute Gasteiger partial charge is 0.0889 e. The van der Waals surface area contributed by atoms with E-state index in [-0.39, 0.29) is 0 Å². The lowest BCUT2D eigenvalue weighted by atomic mass is 10.0. The van der Waals surface area contributed by atoms with E-state index >= 15 is 0 Å². The van der Waals surface area contributed by atoms with Crippen LogP contribution in [-0.2, 0) is 0 Å². The van der Waals surface area contributed by atoms with Crippen LogP contribution < -0.4 is 5.32 Å². The summed E-state index contributed by atoms with van der Waals surface area (Å²) in [5.41, 5.74) is 1.40. The van der Waals surface area contributed by atoms with Crippen LogP contribution in [0.4, 0.5) is 0 Å². The maximum absolute atomic E-state index is 4.43. The molecule has 0 bridgehead atoms. The van der Waals surface area contributed by atoms with Gasteiger partial charge in [-0.25, -0.2) is 0 Å². The summed E-state index contributed by atoms with van der Waals surface area (Å²) < 4.78 is 0. The van der Waals surface area contributed by atoms with Crippen LogP contribution in [0.3, 0.4) is 0 Å². The van der Waals surface area contributed by atoms with Gasteiger partial charge in [-0.1, -0.05) is 26.7 Å². The Bertz CT molecular complexity index is 140. The van der Waals surface area contributed by atoms with Crippen molar-refractivity contribution in [3.8, 4) is 0 Å². The fraction of sp³-hybridized carbons (Fsp3) is 0.889. The van der Waals surface area contributed by atoms with Gasteiger partial charge in [-0.15, -0.1) is 0 Å². The Balaban J connectivity index is 2.35. The predicted octanol–water partition coefficient (Wildman–Crippen LogP) is 1.96. The molecule has 11 heavy (non-hydrogen) atoms. The number of aliphatic imine (C=N–C) groups is 1. The van der Waals surface area contributed by atoms with Crippen LogP contribution in [0, 0.1) is 0 Å². The molecule has 0 fully saturated rings. The fourth-order valence-corrected chi connectivity index (χ4v) is 1.55. The molecule has 1 aliphatic heterocycles. The first-order valence-electron chi connectivity index (χ1n) is 4.65. The van der Waals surface area contributed by atoms with Gasteiger partial charge in [-0.3, -0.25) is 10.3 Å². The summed E-state index contributed by atoms with van der Waals surface area (Å²) in [5.74, 6) is 0. The monoisotopic (exact) mass is 154 g/mol. The molecular weight excluding hydrogens is 136 g/mol. The lowest BCUT2D eigenvalue weighted by Crippen LogP contribution is -2.29. The van der Waals surface area contributed by atoms with Gasteiger partial charge < -0.3 is 0 Å². The first-order chi connectivity index (χ1) is 5.38. The van der Waals surface area contributed by atoms with Crippen molar-refractivity contribution in [3.05, 3.63) is 0 Å². The van der Waals surface area contributed by atoms with E-state index in [1.165, 1.54) is 31.4 Å². The normalized spacial score (nSPS) is 23.8. The highest BCUT2D eigenvalue weighted by Crippen LogP contribution is 2.08. The molecular formula is C9H18N2. The molecule has 0 aromatic rings. The summed E-state index contributed by atoms with van der Waals surface area (Å²) in [5, 5.41) is 3.39. The number of nitrogens with zero attached hydrogens (tertiary/aromatic N) is 1. The molecule has 0 saturated heterocycles. The van der Waals surface area contributed by atoms with E-state index in [9.17, 15) is 0 Å². The van der Waals surface area contributed by atoms with Gasteiger partial charge in [0.2, 0.25) is 0 Å². The largest absolute Gasteiger partial charge is 0.290 e. The average Bonchev–Trinajstić information content (AvgIpc) is 2.39. The molecule has 1 rings (SSSR count). The number of hydrogen-bond donors (Lipinski definition) is 1. The van der Waals surface area contributed by atoms with E-state index in [2.05, 4.69) is 24.2 Å². The Morgan fingerprint density at radius 2 is 2.27 bits per heavy atom. The third kappa shape index (κ3) is 2.29. The zero-order valence-corrected chi connectivity index (χ0v) is 7.56. The van der Waals surface area contributed by atoms with Crippen molar-refractivity contribution in [1.29, 1.82) is 0 Å². The summed E-state index contributed by atoms with van der Waals surface area (Å²) in [6.07, 6.45) is 4.90. The van der Waals surface area contributed by atoms with E-state index in [4.69, 9.17) is 0 Å². The number of hydrogen-bond acceptors (Lipinski definition) is 2. The topological polar surface area (TPSA) is 24.4 Å². The SMILES string of the molecule is CCCC1=NCNC1CCC. The van der Waals surface area contributed by atoms with Gasteiger partial charge >= 0.3 is 0 Å². The second-order valence-electron chi connectivity index (χ2n) is 3.10. The molecule has 1 N–H and O–H groups in total. The molecule has 0 spiro atoms. The number of rotatable bonds is 4. The number of nitrogens with one attached hydrogen (secondary N) is 1. The highest BCUT2D eigenvalue weighted by molar-refractivity contribution is 5.90. The van der Waals surface area contributed by atoms with Gasteiger partial charge in [0.05, 0.1) is 6.67 Å². The van der Waals surface area contributed by atoms with Gasteiger partial charge in [-0.2, -0.15) is 0 Å². The standard InChI is InChI=1S/C9H18N2/c1-3-5-8-9(6-4-2)11-7-10-8/h8,10H,3-7H2,1-2H3. The maximum atomic E-state index is 4.43. The quantitative estimate of drug-likeness (QED) is 0.657. The van der Waals surface area contributed by atoms with Gasteiger partial charge in [-0.05, 0) is 12.8 Å². The lowest BCUT2D eigenvalue weighted by molar-refractivity contribution is 0.615. The van der Waals surface area contributed by atoms with Gasteiger partial charge in [0.1, 0.15) is 0 Å². The van der Waals surface area contributed by atoms with Gasteiger partial charge in [0, 0.05) is 11.8 Å². The Labute approximate surface area is 69.1 Å². The van der Waals surface area contributed by atoms with E-state index in [0.717, 1.165) is 6.67 Å². The van der Waals surface area contributed by atoms with Crippen LogP contribution in [0.15, 0.2) is 4.99 Å². The Hall–Kier alpha value is -0.370.